The molecule has 1 aromatic rings. The molecule has 1 heterocycles. The van der Waals surface area contributed by atoms with E-state index in [2.05, 4.69) is 15.3 Å². The molecule has 0 radical (unpaired) electrons. The van der Waals surface area contributed by atoms with Gasteiger partial charge < -0.3 is 11.1 Å². The molecule has 0 spiro atoms. The number of nitrogens with one attached hydrogen (secondary N) is 1. The largest absolute Gasteiger partial charge is 0.365 e. The first-order chi connectivity index (χ1) is 6.86. The van der Waals surface area contributed by atoms with E-state index in [1.165, 1.54) is 12.8 Å². The zero-order chi connectivity index (χ0) is 9.80. The maximum atomic E-state index is 6.02. The average Bonchev–Trinajstić information content (AvgIpc) is 2.23. The second-order valence-corrected chi connectivity index (χ2v) is 3.79. The molecule has 0 aromatic carbocycles. The second kappa shape index (κ2) is 4.37. The monoisotopic (exact) mass is 192 g/mol. The summed E-state index contributed by atoms with van der Waals surface area (Å²) in [7, 11) is 0. The van der Waals surface area contributed by atoms with Crippen molar-refractivity contribution in [2.24, 2.45) is 5.73 Å². The maximum absolute atomic E-state index is 6.02. The van der Waals surface area contributed by atoms with E-state index in [0.29, 0.717) is 6.04 Å². The molecule has 1 aliphatic carbocycles. The van der Waals surface area contributed by atoms with Crippen molar-refractivity contribution in [3.05, 3.63) is 18.6 Å². The number of hydrogen-bond acceptors (Lipinski definition) is 4. The van der Waals surface area contributed by atoms with Gasteiger partial charge in [-0.1, -0.05) is 12.8 Å². The van der Waals surface area contributed by atoms with Crippen molar-refractivity contribution < 1.29 is 0 Å². The zero-order valence-corrected chi connectivity index (χ0v) is 8.19. The van der Waals surface area contributed by atoms with Gasteiger partial charge in [-0.05, 0) is 12.8 Å². The van der Waals surface area contributed by atoms with Gasteiger partial charge in [-0.25, -0.2) is 4.98 Å². The van der Waals surface area contributed by atoms with Crippen LogP contribution < -0.4 is 11.1 Å². The first-order valence-corrected chi connectivity index (χ1v) is 5.14. The van der Waals surface area contributed by atoms with Gasteiger partial charge in [-0.2, -0.15) is 0 Å². The summed E-state index contributed by atoms with van der Waals surface area (Å²) < 4.78 is 0. The van der Waals surface area contributed by atoms with Crippen LogP contribution in [0.25, 0.3) is 0 Å². The topological polar surface area (TPSA) is 63.8 Å². The Morgan fingerprint density at radius 3 is 2.86 bits per heavy atom. The van der Waals surface area contributed by atoms with E-state index in [4.69, 9.17) is 5.73 Å². The molecule has 2 atom stereocenters. The van der Waals surface area contributed by atoms with E-state index in [9.17, 15) is 0 Å². The Balaban J connectivity index is 1.96. The third kappa shape index (κ3) is 2.20. The Morgan fingerprint density at radius 2 is 2.14 bits per heavy atom. The summed E-state index contributed by atoms with van der Waals surface area (Å²) >= 11 is 0. The van der Waals surface area contributed by atoms with E-state index in [-0.39, 0.29) is 6.04 Å². The summed E-state index contributed by atoms with van der Waals surface area (Å²) in [6, 6.07) is 0.617. The van der Waals surface area contributed by atoms with Crippen LogP contribution in [0.15, 0.2) is 18.6 Å². The molecule has 0 amide bonds. The molecular weight excluding hydrogens is 176 g/mol. The fourth-order valence-corrected chi connectivity index (χ4v) is 1.90. The number of nitrogens with two attached hydrogens (primary N) is 1. The molecule has 14 heavy (non-hydrogen) atoms. The van der Waals surface area contributed by atoms with Gasteiger partial charge in [0.2, 0.25) is 0 Å². The smallest absolute Gasteiger partial charge is 0.144 e. The summed E-state index contributed by atoms with van der Waals surface area (Å²) in [6.45, 7) is 0. The third-order valence-electron chi connectivity index (χ3n) is 2.72. The molecule has 1 aliphatic rings. The van der Waals surface area contributed by atoms with Gasteiger partial charge >= 0.3 is 0 Å². The van der Waals surface area contributed by atoms with Crippen LogP contribution in [0, 0.1) is 0 Å². The van der Waals surface area contributed by atoms with Crippen molar-refractivity contribution in [3.63, 3.8) is 0 Å². The van der Waals surface area contributed by atoms with Crippen molar-refractivity contribution in [1.82, 2.24) is 9.97 Å². The minimum absolute atomic E-state index is 0.255. The zero-order valence-electron chi connectivity index (χ0n) is 8.19. The van der Waals surface area contributed by atoms with Gasteiger partial charge in [0.15, 0.2) is 0 Å². The number of nitrogens with zero attached hydrogens (tertiary/aromatic N) is 2. The quantitative estimate of drug-likeness (QED) is 0.738. The molecule has 3 N–H and O–H groups in total. The minimum atomic E-state index is 0.255. The molecule has 1 saturated carbocycles. The van der Waals surface area contributed by atoms with E-state index in [1.807, 2.05) is 0 Å². The standard InChI is InChI=1S/C10H16N4/c11-8-3-1-2-4-9(8)14-10-7-12-5-6-13-10/h5-9H,1-4,11H2,(H,13,14)/t8-,9+/m1/s1. The van der Waals surface area contributed by atoms with Gasteiger partial charge in [0.25, 0.3) is 0 Å². The first kappa shape index (κ1) is 9.40. The van der Waals surface area contributed by atoms with Gasteiger partial charge in [0, 0.05) is 24.5 Å². The van der Waals surface area contributed by atoms with E-state index < -0.39 is 0 Å². The summed E-state index contributed by atoms with van der Waals surface area (Å²) in [5.74, 6) is 0.829. The van der Waals surface area contributed by atoms with Gasteiger partial charge in [0.05, 0.1) is 6.20 Å². The summed E-state index contributed by atoms with van der Waals surface area (Å²) in [5, 5.41) is 3.33. The lowest BCUT2D eigenvalue weighted by Crippen LogP contribution is -2.42. The predicted molar refractivity (Wildman–Crippen MR) is 55.9 cm³/mol. The Bertz CT molecular complexity index is 275. The van der Waals surface area contributed by atoms with Crippen molar-refractivity contribution in [2.75, 3.05) is 5.32 Å². The van der Waals surface area contributed by atoms with Crippen LogP contribution in [-0.4, -0.2) is 22.1 Å². The van der Waals surface area contributed by atoms with Crippen LogP contribution in [0.3, 0.4) is 0 Å². The Labute approximate surface area is 83.9 Å². The Kier molecular flexibility index (Phi) is 2.93. The van der Waals surface area contributed by atoms with Crippen molar-refractivity contribution in [2.45, 2.75) is 37.8 Å². The minimum Gasteiger partial charge on any atom is -0.365 e. The molecular formula is C10H16N4. The second-order valence-electron chi connectivity index (χ2n) is 3.79. The third-order valence-corrected chi connectivity index (χ3v) is 2.72. The first-order valence-electron chi connectivity index (χ1n) is 5.14. The summed E-state index contributed by atoms with van der Waals surface area (Å²) in [5.41, 5.74) is 6.02. The lowest BCUT2D eigenvalue weighted by atomic mass is 9.91. The highest BCUT2D eigenvalue weighted by Crippen LogP contribution is 2.19. The van der Waals surface area contributed by atoms with E-state index >= 15 is 0 Å². The van der Waals surface area contributed by atoms with Crippen LogP contribution in [0.1, 0.15) is 25.7 Å². The lowest BCUT2D eigenvalue weighted by Gasteiger charge is -2.29. The highest BCUT2D eigenvalue weighted by Gasteiger charge is 2.21. The summed E-state index contributed by atoms with van der Waals surface area (Å²) in [6.07, 6.45) is 9.85. The van der Waals surface area contributed by atoms with Crippen LogP contribution in [0.2, 0.25) is 0 Å². The molecule has 4 nitrogen and oxygen atoms in total. The molecule has 1 aromatic heterocycles. The maximum Gasteiger partial charge on any atom is 0.144 e. The number of hydrogen-bond donors (Lipinski definition) is 2. The van der Waals surface area contributed by atoms with E-state index in [0.717, 1.165) is 18.7 Å². The highest BCUT2D eigenvalue weighted by atomic mass is 15.0. The predicted octanol–water partition coefficient (Wildman–Crippen LogP) is 1.16. The molecule has 4 heteroatoms. The molecule has 0 saturated heterocycles. The Hall–Kier alpha value is -1.16. The van der Waals surface area contributed by atoms with Crippen LogP contribution in [-0.2, 0) is 0 Å². The van der Waals surface area contributed by atoms with Crippen LogP contribution >= 0.6 is 0 Å². The number of anilines is 1. The Morgan fingerprint density at radius 1 is 1.29 bits per heavy atom. The van der Waals surface area contributed by atoms with Gasteiger partial charge in [-0.3, -0.25) is 4.98 Å². The molecule has 2 rings (SSSR count). The fraction of sp³-hybridized carbons (Fsp3) is 0.600. The molecule has 0 bridgehead atoms. The molecule has 76 valence electrons. The van der Waals surface area contributed by atoms with Crippen molar-refractivity contribution >= 4 is 5.82 Å². The molecule has 1 fully saturated rings. The average molecular weight is 192 g/mol. The highest BCUT2D eigenvalue weighted by molar-refractivity contribution is 5.32. The van der Waals surface area contributed by atoms with E-state index in [1.54, 1.807) is 18.6 Å². The van der Waals surface area contributed by atoms with Gasteiger partial charge in [-0.15, -0.1) is 0 Å². The fourth-order valence-electron chi connectivity index (χ4n) is 1.90. The summed E-state index contributed by atoms with van der Waals surface area (Å²) in [4.78, 5) is 8.19. The van der Waals surface area contributed by atoms with Crippen molar-refractivity contribution in [3.8, 4) is 0 Å². The lowest BCUT2D eigenvalue weighted by molar-refractivity contribution is 0.403. The normalized spacial score (nSPS) is 27.2. The molecule has 0 aliphatic heterocycles. The van der Waals surface area contributed by atoms with Crippen LogP contribution in [0.4, 0.5) is 5.82 Å². The SMILES string of the molecule is N[C@@H]1CCCC[C@@H]1Nc1cnccn1. The van der Waals surface area contributed by atoms with Crippen LogP contribution in [0.5, 0.6) is 0 Å². The van der Waals surface area contributed by atoms with Crippen molar-refractivity contribution in [1.29, 1.82) is 0 Å². The molecule has 0 unspecified atom stereocenters. The number of rotatable bonds is 2. The number of aromatic nitrogens is 2. The van der Waals surface area contributed by atoms with Gasteiger partial charge in [0.1, 0.15) is 5.82 Å².